The molecule has 6 nitrogen and oxygen atoms in total. The highest BCUT2D eigenvalue weighted by Crippen LogP contribution is 2.29. The van der Waals surface area contributed by atoms with Gasteiger partial charge in [0.2, 0.25) is 0 Å². The van der Waals surface area contributed by atoms with E-state index in [0.29, 0.717) is 11.3 Å². The fraction of sp³-hybridized carbons (Fsp3) is 0.188. The van der Waals surface area contributed by atoms with Crippen molar-refractivity contribution in [3.63, 3.8) is 0 Å². The van der Waals surface area contributed by atoms with E-state index in [2.05, 4.69) is 11.2 Å². The molecule has 2 aromatic heterocycles. The molecule has 0 aliphatic rings. The molecular formula is C16H13N3O3. The molecule has 1 N–H and O–H groups in total. The molecule has 0 aliphatic carbocycles. The monoisotopic (exact) mass is 295 g/mol. The van der Waals surface area contributed by atoms with Crippen LogP contribution in [0.3, 0.4) is 0 Å². The van der Waals surface area contributed by atoms with Crippen LogP contribution in [0.2, 0.25) is 0 Å². The summed E-state index contributed by atoms with van der Waals surface area (Å²) in [6.45, 7) is 4.06. The van der Waals surface area contributed by atoms with Crippen molar-refractivity contribution in [1.82, 2.24) is 9.72 Å². The standard InChI is InChI=1S/C16H13N3O3/c1-9(2)19-8-11(7-17)12-4-3-10(5-14(12)19)15-6-13(16(20)21)18-22-15/h3-6,8-9H,1-2H3,(H,20,21). The molecule has 0 bridgehead atoms. The number of hydrogen-bond acceptors (Lipinski definition) is 4. The van der Waals surface area contributed by atoms with Crippen LogP contribution in [0.1, 0.15) is 35.9 Å². The van der Waals surface area contributed by atoms with Gasteiger partial charge in [0.15, 0.2) is 11.5 Å². The van der Waals surface area contributed by atoms with Gasteiger partial charge in [-0.3, -0.25) is 0 Å². The number of nitrogens with zero attached hydrogens (tertiary/aromatic N) is 3. The summed E-state index contributed by atoms with van der Waals surface area (Å²) in [5, 5.41) is 22.5. The molecule has 0 amide bonds. The minimum atomic E-state index is -1.13. The SMILES string of the molecule is CC(C)n1cc(C#N)c2ccc(-c3cc(C(=O)O)no3)cc21. The van der Waals surface area contributed by atoms with Crippen LogP contribution in [0.4, 0.5) is 0 Å². The number of aromatic nitrogens is 2. The third kappa shape index (κ3) is 2.13. The van der Waals surface area contributed by atoms with E-state index in [1.54, 1.807) is 6.07 Å². The van der Waals surface area contributed by atoms with E-state index in [1.165, 1.54) is 6.07 Å². The normalized spacial score (nSPS) is 11.0. The molecule has 3 aromatic rings. The van der Waals surface area contributed by atoms with Gasteiger partial charge in [0.05, 0.1) is 11.1 Å². The van der Waals surface area contributed by atoms with Gasteiger partial charge in [-0.25, -0.2) is 4.79 Å². The van der Waals surface area contributed by atoms with Gasteiger partial charge in [-0.15, -0.1) is 0 Å². The molecule has 3 rings (SSSR count). The van der Waals surface area contributed by atoms with E-state index in [9.17, 15) is 10.1 Å². The summed E-state index contributed by atoms with van der Waals surface area (Å²) in [5.41, 5.74) is 2.10. The van der Waals surface area contributed by atoms with Crippen LogP contribution in [-0.2, 0) is 0 Å². The van der Waals surface area contributed by atoms with E-state index in [1.807, 2.05) is 36.7 Å². The van der Waals surface area contributed by atoms with Gasteiger partial charge in [0.1, 0.15) is 6.07 Å². The number of carbonyl (C=O) groups is 1. The molecule has 0 saturated heterocycles. The first-order valence-corrected chi connectivity index (χ1v) is 6.76. The Labute approximate surface area is 126 Å². The minimum Gasteiger partial charge on any atom is -0.476 e. The van der Waals surface area contributed by atoms with E-state index in [4.69, 9.17) is 9.63 Å². The number of hydrogen-bond donors (Lipinski definition) is 1. The largest absolute Gasteiger partial charge is 0.476 e. The molecular weight excluding hydrogens is 282 g/mol. The Bertz CT molecular complexity index is 912. The van der Waals surface area contributed by atoms with E-state index < -0.39 is 5.97 Å². The second-order valence-corrected chi connectivity index (χ2v) is 5.27. The third-order valence-corrected chi connectivity index (χ3v) is 3.52. The topological polar surface area (TPSA) is 92.0 Å². The summed E-state index contributed by atoms with van der Waals surface area (Å²) in [4.78, 5) is 10.9. The number of carboxylic acids is 1. The smallest absolute Gasteiger partial charge is 0.358 e. The first-order chi connectivity index (χ1) is 10.5. The van der Waals surface area contributed by atoms with Gasteiger partial charge < -0.3 is 14.2 Å². The predicted molar refractivity (Wildman–Crippen MR) is 79.5 cm³/mol. The van der Waals surface area contributed by atoms with Crippen LogP contribution in [0.25, 0.3) is 22.2 Å². The second-order valence-electron chi connectivity index (χ2n) is 5.27. The molecule has 0 saturated carbocycles. The zero-order chi connectivity index (χ0) is 15.9. The van der Waals surface area contributed by atoms with Crippen molar-refractivity contribution < 1.29 is 14.4 Å². The quantitative estimate of drug-likeness (QED) is 0.799. The maximum absolute atomic E-state index is 10.9. The molecule has 110 valence electrons. The predicted octanol–water partition coefficient (Wildman–Crippen LogP) is 3.45. The van der Waals surface area contributed by atoms with Crippen molar-refractivity contribution in [2.75, 3.05) is 0 Å². The van der Waals surface area contributed by atoms with Gasteiger partial charge in [-0.2, -0.15) is 5.26 Å². The van der Waals surface area contributed by atoms with E-state index >= 15 is 0 Å². The number of fused-ring (bicyclic) bond motifs is 1. The summed E-state index contributed by atoms with van der Waals surface area (Å²) in [5.74, 6) is -0.747. The number of rotatable bonds is 3. The van der Waals surface area contributed by atoms with Crippen molar-refractivity contribution in [2.24, 2.45) is 0 Å². The highest BCUT2D eigenvalue weighted by atomic mass is 16.5. The van der Waals surface area contributed by atoms with Crippen molar-refractivity contribution in [3.05, 3.63) is 41.7 Å². The number of aromatic carboxylic acids is 1. The zero-order valence-corrected chi connectivity index (χ0v) is 12.1. The molecule has 1 aromatic carbocycles. The lowest BCUT2D eigenvalue weighted by Crippen LogP contribution is -1.98. The first kappa shape index (κ1) is 13.9. The number of benzene rings is 1. The molecule has 0 aliphatic heterocycles. The second kappa shape index (κ2) is 5.04. The van der Waals surface area contributed by atoms with Gasteiger partial charge in [0, 0.05) is 29.3 Å². The minimum absolute atomic E-state index is 0.132. The summed E-state index contributed by atoms with van der Waals surface area (Å²) in [6.07, 6.45) is 1.82. The van der Waals surface area contributed by atoms with Crippen molar-refractivity contribution in [1.29, 1.82) is 5.26 Å². The van der Waals surface area contributed by atoms with Crippen LogP contribution < -0.4 is 0 Å². The summed E-state index contributed by atoms with van der Waals surface area (Å²) >= 11 is 0. The lowest BCUT2D eigenvalue weighted by atomic mass is 10.1. The van der Waals surface area contributed by atoms with Crippen LogP contribution in [0.5, 0.6) is 0 Å². The van der Waals surface area contributed by atoms with Gasteiger partial charge in [-0.05, 0) is 19.9 Å². The maximum Gasteiger partial charge on any atom is 0.358 e. The molecule has 2 heterocycles. The molecule has 0 unspecified atom stereocenters. The number of carboxylic acid groups (broad SMARTS) is 1. The van der Waals surface area contributed by atoms with Gasteiger partial charge >= 0.3 is 5.97 Å². The summed E-state index contributed by atoms with van der Waals surface area (Å²) in [6, 6.07) is 9.28. The molecule has 0 spiro atoms. The Balaban J connectivity index is 2.18. The highest BCUT2D eigenvalue weighted by Gasteiger charge is 2.15. The van der Waals surface area contributed by atoms with Gasteiger partial charge in [0.25, 0.3) is 0 Å². The Morgan fingerprint density at radius 2 is 2.18 bits per heavy atom. The van der Waals surface area contributed by atoms with E-state index in [0.717, 1.165) is 16.5 Å². The fourth-order valence-electron chi connectivity index (χ4n) is 2.43. The Morgan fingerprint density at radius 3 is 2.77 bits per heavy atom. The van der Waals surface area contributed by atoms with Gasteiger partial charge in [-0.1, -0.05) is 17.3 Å². The van der Waals surface area contributed by atoms with Crippen LogP contribution in [0.15, 0.2) is 35.0 Å². The average Bonchev–Trinajstić information content (AvgIpc) is 3.11. The fourth-order valence-corrected chi connectivity index (χ4v) is 2.43. The Hall–Kier alpha value is -3.07. The molecule has 0 atom stereocenters. The summed E-state index contributed by atoms with van der Waals surface area (Å²) < 4.78 is 7.10. The summed E-state index contributed by atoms with van der Waals surface area (Å²) in [7, 11) is 0. The van der Waals surface area contributed by atoms with Crippen LogP contribution in [-0.4, -0.2) is 20.8 Å². The average molecular weight is 295 g/mol. The third-order valence-electron chi connectivity index (χ3n) is 3.52. The van der Waals surface area contributed by atoms with Crippen LogP contribution in [0, 0.1) is 11.3 Å². The molecule has 0 radical (unpaired) electrons. The van der Waals surface area contributed by atoms with E-state index in [-0.39, 0.29) is 11.7 Å². The zero-order valence-electron chi connectivity index (χ0n) is 12.1. The lowest BCUT2D eigenvalue weighted by molar-refractivity contribution is 0.0686. The molecule has 22 heavy (non-hydrogen) atoms. The number of nitriles is 1. The van der Waals surface area contributed by atoms with Crippen molar-refractivity contribution in [3.8, 4) is 17.4 Å². The highest BCUT2D eigenvalue weighted by molar-refractivity contribution is 5.91. The van der Waals surface area contributed by atoms with Crippen LogP contribution >= 0.6 is 0 Å². The molecule has 6 heteroatoms. The molecule has 0 fully saturated rings. The van der Waals surface area contributed by atoms with Crippen molar-refractivity contribution >= 4 is 16.9 Å². The lowest BCUT2D eigenvalue weighted by Gasteiger charge is -2.09. The first-order valence-electron chi connectivity index (χ1n) is 6.76. The Morgan fingerprint density at radius 1 is 1.41 bits per heavy atom. The van der Waals surface area contributed by atoms with Crippen molar-refractivity contribution in [2.45, 2.75) is 19.9 Å². The maximum atomic E-state index is 10.9. The Kier molecular flexibility index (Phi) is 3.18.